The van der Waals surface area contributed by atoms with Crippen molar-refractivity contribution in [1.29, 1.82) is 0 Å². The number of benzene rings is 2. The van der Waals surface area contributed by atoms with Crippen LogP contribution in [0.4, 0.5) is 5.69 Å². The van der Waals surface area contributed by atoms with E-state index in [1.165, 1.54) is 0 Å². The second-order valence-electron chi connectivity index (χ2n) is 5.67. The van der Waals surface area contributed by atoms with Crippen molar-refractivity contribution in [2.45, 2.75) is 6.54 Å². The molecule has 4 rings (SSSR count). The smallest absolute Gasteiger partial charge is 0.269 e. The zero-order valence-corrected chi connectivity index (χ0v) is 13.5. The SMILES string of the molecule is COc1ccc2oc(CNc3ccc4[nH]nc(C(N)=O)c4c3)cc2c1. The lowest BCUT2D eigenvalue weighted by Gasteiger charge is -2.04. The number of aromatic nitrogens is 2. The van der Waals surface area contributed by atoms with Gasteiger partial charge in [0.1, 0.15) is 17.1 Å². The van der Waals surface area contributed by atoms with Gasteiger partial charge in [0.25, 0.3) is 5.91 Å². The summed E-state index contributed by atoms with van der Waals surface area (Å²) in [4.78, 5) is 11.4. The zero-order valence-electron chi connectivity index (χ0n) is 13.5. The van der Waals surface area contributed by atoms with Crippen LogP contribution in [0, 0.1) is 0 Å². The molecule has 0 bridgehead atoms. The van der Waals surface area contributed by atoms with Gasteiger partial charge in [-0.05, 0) is 42.5 Å². The Morgan fingerprint density at radius 1 is 1.28 bits per heavy atom. The number of anilines is 1. The van der Waals surface area contributed by atoms with E-state index < -0.39 is 5.91 Å². The van der Waals surface area contributed by atoms with E-state index in [4.69, 9.17) is 14.9 Å². The van der Waals surface area contributed by atoms with Crippen LogP contribution in [0.5, 0.6) is 5.75 Å². The average molecular weight is 336 g/mol. The summed E-state index contributed by atoms with van der Waals surface area (Å²) >= 11 is 0. The largest absolute Gasteiger partial charge is 0.497 e. The van der Waals surface area contributed by atoms with E-state index in [1.54, 1.807) is 7.11 Å². The molecule has 4 aromatic rings. The second-order valence-corrected chi connectivity index (χ2v) is 5.67. The Morgan fingerprint density at radius 3 is 2.96 bits per heavy atom. The van der Waals surface area contributed by atoms with E-state index >= 15 is 0 Å². The number of fused-ring (bicyclic) bond motifs is 2. The van der Waals surface area contributed by atoms with Crippen LogP contribution in [0.3, 0.4) is 0 Å². The summed E-state index contributed by atoms with van der Waals surface area (Å²) in [5.41, 5.74) is 7.98. The fraction of sp³-hybridized carbons (Fsp3) is 0.111. The third-order valence-corrected chi connectivity index (χ3v) is 4.04. The highest BCUT2D eigenvalue weighted by molar-refractivity contribution is 6.04. The van der Waals surface area contributed by atoms with Crippen molar-refractivity contribution < 1.29 is 13.9 Å². The molecule has 1 amide bonds. The van der Waals surface area contributed by atoms with Crippen LogP contribution in [0.2, 0.25) is 0 Å². The van der Waals surface area contributed by atoms with Crippen LogP contribution in [0.1, 0.15) is 16.2 Å². The summed E-state index contributed by atoms with van der Waals surface area (Å²) in [6.07, 6.45) is 0. The minimum absolute atomic E-state index is 0.231. The number of rotatable bonds is 5. The summed E-state index contributed by atoms with van der Waals surface area (Å²) in [6.45, 7) is 0.506. The lowest BCUT2D eigenvalue weighted by molar-refractivity contribution is 0.0997. The van der Waals surface area contributed by atoms with E-state index in [0.717, 1.165) is 33.7 Å². The van der Waals surface area contributed by atoms with Gasteiger partial charge in [0.2, 0.25) is 0 Å². The van der Waals surface area contributed by atoms with Crippen molar-refractivity contribution >= 4 is 33.5 Å². The highest BCUT2D eigenvalue weighted by atomic mass is 16.5. The topological polar surface area (TPSA) is 106 Å². The van der Waals surface area contributed by atoms with Gasteiger partial charge in [-0.15, -0.1) is 0 Å². The maximum Gasteiger partial charge on any atom is 0.269 e. The number of furan rings is 1. The van der Waals surface area contributed by atoms with Crippen molar-refractivity contribution in [3.63, 3.8) is 0 Å². The van der Waals surface area contributed by atoms with Gasteiger partial charge in [-0.1, -0.05) is 0 Å². The first-order valence-corrected chi connectivity index (χ1v) is 7.72. The molecule has 7 heteroatoms. The highest BCUT2D eigenvalue weighted by Gasteiger charge is 2.11. The van der Waals surface area contributed by atoms with E-state index in [-0.39, 0.29) is 5.69 Å². The average Bonchev–Trinajstić information content (AvgIpc) is 3.22. The van der Waals surface area contributed by atoms with Gasteiger partial charge in [0, 0.05) is 16.5 Å². The summed E-state index contributed by atoms with van der Waals surface area (Å²) in [5.74, 6) is 1.03. The van der Waals surface area contributed by atoms with Crippen molar-refractivity contribution in [3.05, 3.63) is 53.9 Å². The number of hydrogen-bond acceptors (Lipinski definition) is 5. The second kappa shape index (κ2) is 5.86. The van der Waals surface area contributed by atoms with Gasteiger partial charge in [0.15, 0.2) is 5.69 Å². The highest BCUT2D eigenvalue weighted by Crippen LogP contribution is 2.25. The van der Waals surface area contributed by atoms with Crippen molar-refractivity contribution in [1.82, 2.24) is 10.2 Å². The zero-order chi connectivity index (χ0) is 17.4. The molecule has 126 valence electrons. The maximum absolute atomic E-state index is 11.4. The fourth-order valence-electron chi connectivity index (χ4n) is 2.79. The van der Waals surface area contributed by atoms with Gasteiger partial charge < -0.3 is 20.2 Å². The molecule has 0 aliphatic rings. The molecule has 4 N–H and O–H groups in total. The third kappa shape index (κ3) is 2.76. The van der Waals surface area contributed by atoms with Crippen molar-refractivity contribution in [2.75, 3.05) is 12.4 Å². The normalized spacial score (nSPS) is 11.1. The minimum Gasteiger partial charge on any atom is -0.497 e. The number of methoxy groups -OCH3 is 1. The molecule has 7 nitrogen and oxygen atoms in total. The standard InChI is InChI=1S/C18H16N4O3/c1-24-12-3-5-16-10(6-12)7-13(25-16)9-20-11-2-4-15-14(8-11)17(18(19)23)22-21-15/h2-8,20H,9H2,1H3,(H2,19,23)(H,21,22). The Hall–Kier alpha value is -3.48. The molecular formula is C18H16N4O3. The molecular weight excluding hydrogens is 320 g/mol. The quantitative estimate of drug-likeness (QED) is 0.519. The molecule has 0 fully saturated rings. The number of ether oxygens (including phenoxy) is 1. The van der Waals surface area contributed by atoms with E-state index in [2.05, 4.69) is 15.5 Å². The Kier molecular flexibility index (Phi) is 3.53. The van der Waals surface area contributed by atoms with Gasteiger partial charge in [-0.25, -0.2) is 0 Å². The molecule has 0 unspecified atom stereocenters. The predicted octanol–water partition coefficient (Wildman–Crippen LogP) is 3.03. The summed E-state index contributed by atoms with van der Waals surface area (Å²) in [6, 6.07) is 13.2. The van der Waals surface area contributed by atoms with Crippen molar-refractivity contribution in [3.8, 4) is 5.75 Å². The Labute approximate surface area is 142 Å². The van der Waals surface area contributed by atoms with Gasteiger partial charge >= 0.3 is 0 Å². The van der Waals surface area contributed by atoms with Crippen LogP contribution >= 0.6 is 0 Å². The number of nitrogens with two attached hydrogens (primary N) is 1. The van der Waals surface area contributed by atoms with Crippen LogP contribution in [-0.4, -0.2) is 23.2 Å². The fourth-order valence-corrected chi connectivity index (χ4v) is 2.79. The predicted molar refractivity (Wildman–Crippen MR) is 94.7 cm³/mol. The Balaban J connectivity index is 1.57. The number of carbonyl (C=O) groups excluding carboxylic acids is 1. The molecule has 25 heavy (non-hydrogen) atoms. The Bertz CT molecular complexity index is 1080. The molecule has 2 aromatic carbocycles. The molecule has 0 radical (unpaired) electrons. The number of nitrogens with zero attached hydrogens (tertiary/aromatic N) is 1. The van der Waals surface area contributed by atoms with E-state index in [1.807, 2.05) is 42.5 Å². The van der Waals surface area contributed by atoms with Gasteiger partial charge in [-0.3, -0.25) is 9.89 Å². The molecule has 2 heterocycles. The van der Waals surface area contributed by atoms with Gasteiger partial charge in [0.05, 0.1) is 19.2 Å². The maximum atomic E-state index is 11.4. The number of hydrogen-bond donors (Lipinski definition) is 3. The first kappa shape index (κ1) is 15.1. The molecule has 0 saturated carbocycles. The third-order valence-electron chi connectivity index (χ3n) is 4.04. The summed E-state index contributed by atoms with van der Waals surface area (Å²) < 4.78 is 11.0. The number of amides is 1. The molecule has 0 spiro atoms. The van der Waals surface area contributed by atoms with Crippen LogP contribution in [-0.2, 0) is 6.54 Å². The van der Waals surface area contributed by atoms with Crippen LogP contribution in [0.15, 0.2) is 46.9 Å². The molecule has 0 aliphatic heterocycles. The van der Waals surface area contributed by atoms with Crippen LogP contribution < -0.4 is 15.8 Å². The summed E-state index contributed by atoms with van der Waals surface area (Å²) in [7, 11) is 1.63. The number of primary amides is 1. The first-order valence-electron chi connectivity index (χ1n) is 7.72. The Morgan fingerprint density at radius 2 is 2.16 bits per heavy atom. The minimum atomic E-state index is -0.561. The number of H-pyrrole nitrogens is 1. The number of carbonyl (C=O) groups is 1. The van der Waals surface area contributed by atoms with Gasteiger partial charge in [-0.2, -0.15) is 5.10 Å². The molecule has 2 aromatic heterocycles. The molecule has 0 saturated heterocycles. The monoisotopic (exact) mass is 336 g/mol. The molecule has 0 aliphatic carbocycles. The number of nitrogens with one attached hydrogen (secondary N) is 2. The first-order chi connectivity index (χ1) is 12.1. The number of aromatic amines is 1. The van der Waals surface area contributed by atoms with E-state index in [9.17, 15) is 4.79 Å². The summed E-state index contributed by atoms with van der Waals surface area (Å²) in [5, 5.41) is 11.7. The lowest BCUT2D eigenvalue weighted by atomic mass is 10.2. The lowest BCUT2D eigenvalue weighted by Crippen LogP contribution is -2.11. The molecule has 0 atom stereocenters. The van der Waals surface area contributed by atoms with E-state index in [0.29, 0.717) is 11.9 Å². The van der Waals surface area contributed by atoms with Crippen molar-refractivity contribution in [2.24, 2.45) is 5.73 Å². The van der Waals surface area contributed by atoms with Crippen LogP contribution in [0.25, 0.3) is 21.9 Å².